The van der Waals surface area contributed by atoms with Crippen LogP contribution >= 0.6 is 0 Å². The second-order valence-corrected chi connectivity index (χ2v) is 3.69. The molecular weight excluding hydrogens is 192 g/mol. The molecule has 0 aliphatic rings. The molecule has 0 aliphatic carbocycles. The van der Waals surface area contributed by atoms with Gasteiger partial charge in [-0.25, -0.2) is 4.79 Å². The Kier molecular flexibility index (Phi) is 8.84. The van der Waals surface area contributed by atoms with E-state index in [2.05, 4.69) is 5.73 Å². The molecule has 3 nitrogen and oxygen atoms in total. The standard InChI is InChI=1S/C12H20O3/c1-11(13)9-7-5-3-2-4-6-8-10-12(14)15/h6,10-11,13H,2-5,7,9H2,1H3,(H,14,15). The van der Waals surface area contributed by atoms with Gasteiger partial charge in [-0.05, 0) is 32.3 Å². The van der Waals surface area contributed by atoms with E-state index >= 15 is 0 Å². The van der Waals surface area contributed by atoms with Crippen molar-refractivity contribution in [2.24, 2.45) is 0 Å². The van der Waals surface area contributed by atoms with Crippen molar-refractivity contribution < 1.29 is 15.0 Å². The summed E-state index contributed by atoms with van der Waals surface area (Å²) in [7, 11) is 0. The maximum Gasteiger partial charge on any atom is 0.336 e. The topological polar surface area (TPSA) is 57.5 Å². The smallest absolute Gasteiger partial charge is 0.336 e. The van der Waals surface area contributed by atoms with Gasteiger partial charge in [0.1, 0.15) is 0 Å². The molecule has 0 saturated carbocycles. The number of unbranched alkanes of at least 4 members (excludes halogenated alkanes) is 4. The largest absolute Gasteiger partial charge is 0.478 e. The van der Waals surface area contributed by atoms with Gasteiger partial charge < -0.3 is 10.2 Å². The molecule has 0 bridgehead atoms. The van der Waals surface area contributed by atoms with Crippen LogP contribution in [0.2, 0.25) is 0 Å². The predicted molar refractivity (Wildman–Crippen MR) is 59.7 cm³/mol. The first-order valence-corrected chi connectivity index (χ1v) is 5.45. The lowest BCUT2D eigenvalue weighted by atomic mass is 10.1. The summed E-state index contributed by atoms with van der Waals surface area (Å²) in [6, 6.07) is 0. The van der Waals surface area contributed by atoms with Crippen LogP contribution in [0.1, 0.15) is 45.4 Å². The summed E-state index contributed by atoms with van der Waals surface area (Å²) in [5.74, 6) is -0.955. The fourth-order valence-electron chi connectivity index (χ4n) is 1.25. The predicted octanol–water partition coefficient (Wildman–Crippen LogP) is 2.50. The van der Waals surface area contributed by atoms with E-state index in [0.29, 0.717) is 0 Å². The molecule has 0 saturated heterocycles. The molecule has 86 valence electrons. The maximum atomic E-state index is 10.1. The number of carbonyl (C=O) groups is 1. The van der Waals surface area contributed by atoms with E-state index in [0.717, 1.165) is 44.6 Å². The van der Waals surface area contributed by atoms with Gasteiger partial charge in [-0.15, -0.1) is 5.73 Å². The van der Waals surface area contributed by atoms with Crippen molar-refractivity contribution in [3.63, 3.8) is 0 Å². The third kappa shape index (κ3) is 12.9. The Labute approximate surface area is 91.1 Å². The van der Waals surface area contributed by atoms with Crippen molar-refractivity contribution in [2.45, 2.75) is 51.6 Å². The number of carboxylic acids is 1. The molecule has 15 heavy (non-hydrogen) atoms. The fourth-order valence-corrected chi connectivity index (χ4v) is 1.25. The van der Waals surface area contributed by atoms with Crippen molar-refractivity contribution in [3.8, 4) is 0 Å². The number of hydrogen-bond acceptors (Lipinski definition) is 2. The second-order valence-electron chi connectivity index (χ2n) is 3.69. The van der Waals surface area contributed by atoms with Crippen molar-refractivity contribution in [3.05, 3.63) is 17.9 Å². The summed E-state index contributed by atoms with van der Waals surface area (Å²) in [4.78, 5) is 10.1. The van der Waals surface area contributed by atoms with E-state index in [1.807, 2.05) is 0 Å². The number of carboxylic acid groups (broad SMARTS) is 1. The molecule has 0 amide bonds. The molecule has 0 aromatic heterocycles. The molecule has 1 unspecified atom stereocenters. The monoisotopic (exact) mass is 212 g/mol. The normalized spacial score (nSPS) is 11.6. The number of aliphatic carboxylic acids is 1. The Hall–Kier alpha value is -1.05. The van der Waals surface area contributed by atoms with Crippen LogP contribution in [0.4, 0.5) is 0 Å². The van der Waals surface area contributed by atoms with Crippen LogP contribution in [0.5, 0.6) is 0 Å². The number of aliphatic hydroxyl groups is 1. The molecule has 3 heteroatoms. The summed E-state index contributed by atoms with van der Waals surface area (Å²) in [5.41, 5.74) is 2.60. The van der Waals surface area contributed by atoms with Gasteiger partial charge in [0, 0.05) is 0 Å². The highest BCUT2D eigenvalue weighted by Gasteiger charge is 1.94. The molecule has 0 fully saturated rings. The van der Waals surface area contributed by atoms with Crippen LogP contribution in [0.25, 0.3) is 0 Å². The molecule has 0 radical (unpaired) electrons. The molecule has 0 aromatic carbocycles. The zero-order chi connectivity index (χ0) is 11.5. The minimum atomic E-state index is -0.955. The van der Waals surface area contributed by atoms with Gasteiger partial charge in [0.25, 0.3) is 0 Å². The zero-order valence-corrected chi connectivity index (χ0v) is 9.28. The SMILES string of the molecule is CC(O)CCCCCCC=C=CC(=O)O. The first-order chi connectivity index (χ1) is 7.13. The average Bonchev–Trinajstić information content (AvgIpc) is 2.14. The van der Waals surface area contributed by atoms with Crippen LogP contribution in [0, 0.1) is 0 Å². The van der Waals surface area contributed by atoms with E-state index in [1.54, 1.807) is 13.0 Å². The van der Waals surface area contributed by atoms with E-state index in [-0.39, 0.29) is 6.10 Å². The Morgan fingerprint density at radius 2 is 2.00 bits per heavy atom. The zero-order valence-electron chi connectivity index (χ0n) is 9.28. The van der Waals surface area contributed by atoms with Crippen molar-refractivity contribution in [1.82, 2.24) is 0 Å². The van der Waals surface area contributed by atoms with Crippen molar-refractivity contribution in [1.29, 1.82) is 0 Å². The lowest BCUT2D eigenvalue weighted by molar-refractivity contribution is -0.131. The van der Waals surface area contributed by atoms with Crippen LogP contribution in [0.15, 0.2) is 17.9 Å². The molecule has 0 rings (SSSR count). The molecule has 2 N–H and O–H groups in total. The van der Waals surface area contributed by atoms with Crippen LogP contribution < -0.4 is 0 Å². The van der Waals surface area contributed by atoms with Crippen molar-refractivity contribution >= 4 is 5.97 Å². The van der Waals surface area contributed by atoms with Gasteiger partial charge >= 0.3 is 5.97 Å². The summed E-state index contributed by atoms with van der Waals surface area (Å²) < 4.78 is 0. The lowest BCUT2D eigenvalue weighted by Gasteiger charge is -2.02. The quantitative estimate of drug-likeness (QED) is 0.369. The van der Waals surface area contributed by atoms with Crippen LogP contribution in [0.3, 0.4) is 0 Å². The second kappa shape index (κ2) is 9.50. The summed E-state index contributed by atoms with van der Waals surface area (Å²) in [6.07, 6.45) is 8.69. The van der Waals surface area contributed by atoms with E-state index < -0.39 is 5.97 Å². The molecule has 1 atom stereocenters. The number of hydrogen-bond donors (Lipinski definition) is 2. The van der Waals surface area contributed by atoms with E-state index in [9.17, 15) is 4.79 Å². The lowest BCUT2D eigenvalue weighted by Crippen LogP contribution is -1.97. The van der Waals surface area contributed by atoms with Gasteiger partial charge in [-0.2, -0.15) is 0 Å². The molecule has 0 aromatic rings. The van der Waals surface area contributed by atoms with Gasteiger partial charge in [0.05, 0.1) is 12.2 Å². The maximum absolute atomic E-state index is 10.1. The van der Waals surface area contributed by atoms with Crippen LogP contribution in [-0.4, -0.2) is 22.3 Å². The Bertz CT molecular complexity index is 225. The minimum absolute atomic E-state index is 0.191. The minimum Gasteiger partial charge on any atom is -0.478 e. The van der Waals surface area contributed by atoms with Gasteiger partial charge in [-0.3, -0.25) is 0 Å². The van der Waals surface area contributed by atoms with Crippen LogP contribution in [-0.2, 0) is 4.79 Å². The van der Waals surface area contributed by atoms with E-state index in [1.165, 1.54) is 0 Å². The summed E-state index contributed by atoms with van der Waals surface area (Å²) >= 11 is 0. The number of rotatable bonds is 8. The summed E-state index contributed by atoms with van der Waals surface area (Å²) in [5, 5.41) is 17.3. The Morgan fingerprint density at radius 3 is 2.60 bits per heavy atom. The highest BCUT2D eigenvalue weighted by Crippen LogP contribution is 2.07. The highest BCUT2D eigenvalue weighted by molar-refractivity contribution is 5.79. The number of aliphatic hydroxyl groups excluding tert-OH is 1. The van der Waals surface area contributed by atoms with Gasteiger partial charge in [0.2, 0.25) is 0 Å². The Morgan fingerprint density at radius 1 is 1.33 bits per heavy atom. The first kappa shape index (κ1) is 13.9. The van der Waals surface area contributed by atoms with Gasteiger partial charge in [0.15, 0.2) is 0 Å². The molecule has 0 aliphatic heterocycles. The molecular formula is C12H20O3. The van der Waals surface area contributed by atoms with Crippen molar-refractivity contribution in [2.75, 3.05) is 0 Å². The fraction of sp³-hybridized carbons (Fsp3) is 0.667. The third-order valence-corrected chi connectivity index (χ3v) is 2.05. The summed E-state index contributed by atoms with van der Waals surface area (Å²) in [6.45, 7) is 1.80. The van der Waals surface area contributed by atoms with Gasteiger partial charge in [-0.1, -0.05) is 19.3 Å². The third-order valence-electron chi connectivity index (χ3n) is 2.05. The van der Waals surface area contributed by atoms with E-state index in [4.69, 9.17) is 10.2 Å². The molecule has 0 spiro atoms. The Balaban J connectivity index is 3.25. The first-order valence-electron chi connectivity index (χ1n) is 5.45. The highest BCUT2D eigenvalue weighted by atomic mass is 16.4. The average molecular weight is 212 g/mol. The molecule has 0 heterocycles.